The molecule has 1 aliphatic rings. The van der Waals surface area contributed by atoms with E-state index in [0.29, 0.717) is 10.9 Å². The van der Waals surface area contributed by atoms with Crippen LogP contribution in [-0.2, 0) is 5.60 Å². The van der Waals surface area contributed by atoms with E-state index in [2.05, 4.69) is 13.0 Å². The van der Waals surface area contributed by atoms with E-state index in [1.807, 2.05) is 12.1 Å². The van der Waals surface area contributed by atoms with Gasteiger partial charge in [-0.05, 0) is 43.4 Å². The minimum absolute atomic E-state index is 0.471. The Bertz CT molecular complexity index is 506. The Balaban J connectivity index is 2.44. The summed E-state index contributed by atoms with van der Waals surface area (Å²) in [4.78, 5) is 0. The smallest absolute Gasteiger partial charge is 0.105 e. The third-order valence-corrected chi connectivity index (χ3v) is 4.77. The molecule has 3 heteroatoms. The summed E-state index contributed by atoms with van der Waals surface area (Å²) in [5, 5.41) is 21.3. The van der Waals surface area contributed by atoms with Gasteiger partial charge in [-0.15, -0.1) is 0 Å². The Morgan fingerprint density at radius 3 is 2.84 bits per heavy atom. The summed E-state index contributed by atoms with van der Waals surface area (Å²) in [6.07, 6.45) is 3.61. The van der Waals surface area contributed by atoms with Crippen molar-refractivity contribution in [1.82, 2.24) is 0 Å². The molecule has 0 amide bonds. The Morgan fingerprint density at radius 1 is 1.53 bits per heavy atom. The lowest BCUT2D eigenvalue weighted by molar-refractivity contribution is -0.0720. The second-order valence-corrected chi connectivity index (χ2v) is 6.41. The molecule has 1 aromatic carbocycles. The average Bonchev–Trinajstić information content (AvgIpc) is 2.38. The monoisotopic (exact) mass is 277 g/mol. The second kappa shape index (κ2) is 5.15. The van der Waals surface area contributed by atoms with Gasteiger partial charge in [0, 0.05) is 5.02 Å². The highest BCUT2D eigenvalue weighted by Gasteiger charge is 2.50. The quantitative estimate of drug-likeness (QED) is 0.877. The van der Waals surface area contributed by atoms with Crippen molar-refractivity contribution in [3.05, 3.63) is 34.9 Å². The van der Waals surface area contributed by atoms with Gasteiger partial charge < -0.3 is 5.11 Å². The number of benzene rings is 1. The predicted molar refractivity (Wildman–Crippen MR) is 76.7 cm³/mol. The zero-order valence-corrected chi connectivity index (χ0v) is 12.2. The highest BCUT2D eigenvalue weighted by Crippen LogP contribution is 2.51. The number of hydrogen-bond acceptors (Lipinski definition) is 2. The van der Waals surface area contributed by atoms with Crippen LogP contribution in [0.3, 0.4) is 0 Å². The van der Waals surface area contributed by atoms with Crippen LogP contribution < -0.4 is 0 Å². The lowest BCUT2D eigenvalue weighted by atomic mass is 9.60. The van der Waals surface area contributed by atoms with Gasteiger partial charge in [0.1, 0.15) is 5.60 Å². The number of aliphatic hydroxyl groups is 1. The van der Waals surface area contributed by atoms with E-state index in [1.54, 1.807) is 19.1 Å². The van der Waals surface area contributed by atoms with Crippen LogP contribution in [0.5, 0.6) is 0 Å². The summed E-state index contributed by atoms with van der Waals surface area (Å²) in [7, 11) is 0. The topological polar surface area (TPSA) is 44.0 Å². The zero-order valence-electron chi connectivity index (χ0n) is 11.5. The third kappa shape index (κ3) is 2.50. The van der Waals surface area contributed by atoms with Crippen molar-refractivity contribution in [2.75, 3.05) is 0 Å². The zero-order chi connectivity index (χ0) is 14.1. The molecule has 1 saturated carbocycles. The van der Waals surface area contributed by atoms with Crippen molar-refractivity contribution in [3.8, 4) is 6.07 Å². The van der Waals surface area contributed by atoms with E-state index in [1.165, 1.54) is 0 Å². The van der Waals surface area contributed by atoms with Crippen LogP contribution in [-0.4, -0.2) is 5.11 Å². The molecule has 0 heterocycles. The molecule has 3 atom stereocenters. The van der Waals surface area contributed by atoms with Crippen LogP contribution >= 0.6 is 11.6 Å². The van der Waals surface area contributed by atoms with Gasteiger partial charge >= 0.3 is 0 Å². The predicted octanol–water partition coefficient (Wildman–Crippen LogP) is 4.27. The minimum Gasteiger partial charge on any atom is -0.384 e. The molecule has 1 aliphatic carbocycles. The van der Waals surface area contributed by atoms with Crippen LogP contribution in [0.4, 0.5) is 0 Å². The van der Waals surface area contributed by atoms with Crippen LogP contribution in [0.15, 0.2) is 24.3 Å². The maximum atomic E-state index is 11.0. The largest absolute Gasteiger partial charge is 0.384 e. The molecular formula is C16H20ClNO. The summed E-state index contributed by atoms with van der Waals surface area (Å²) in [6, 6.07) is 9.63. The molecule has 102 valence electrons. The highest BCUT2D eigenvalue weighted by atomic mass is 35.5. The fourth-order valence-corrected chi connectivity index (χ4v) is 3.46. The molecular weight excluding hydrogens is 258 g/mol. The third-order valence-electron chi connectivity index (χ3n) is 4.53. The van der Waals surface area contributed by atoms with Crippen molar-refractivity contribution in [2.45, 2.75) is 45.1 Å². The van der Waals surface area contributed by atoms with Gasteiger partial charge in [0.05, 0.1) is 11.5 Å². The molecule has 1 aromatic rings. The summed E-state index contributed by atoms with van der Waals surface area (Å²) >= 11 is 6.01. The molecule has 1 N–H and O–H groups in total. The first-order valence-electron chi connectivity index (χ1n) is 6.81. The van der Waals surface area contributed by atoms with Crippen molar-refractivity contribution in [3.63, 3.8) is 0 Å². The normalized spacial score (nSPS) is 30.4. The second-order valence-electron chi connectivity index (χ2n) is 5.98. The molecule has 0 aliphatic heterocycles. The first-order valence-corrected chi connectivity index (χ1v) is 7.19. The summed E-state index contributed by atoms with van der Waals surface area (Å²) in [6.45, 7) is 3.90. The molecule has 19 heavy (non-hydrogen) atoms. The van der Waals surface area contributed by atoms with Crippen LogP contribution in [0.25, 0.3) is 0 Å². The van der Waals surface area contributed by atoms with Crippen molar-refractivity contribution >= 4 is 11.6 Å². The Kier molecular flexibility index (Phi) is 3.90. The first-order chi connectivity index (χ1) is 8.91. The molecule has 0 spiro atoms. The maximum Gasteiger partial charge on any atom is 0.105 e. The van der Waals surface area contributed by atoms with E-state index in [-0.39, 0.29) is 0 Å². The maximum absolute atomic E-state index is 11.0. The molecule has 2 rings (SSSR count). The SMILES string of the molecule is CC1CCCC(C#N)(C(C)(O)c2cccc(Cl)c2)C1. The van der Waals surface area contributed by atoms with Gasteiger partial charge in [0.25, 0.3) is 0 Å². The molecule has 3 unspecified atom stereocenters. The Labute approximate surface area is 120 Å². The summed E-state index contributed by atoms with van der Waals surface area (Å²) in [5.74, 6) is 0.471. The van der Waals surface area contributed by atoms with Crippen molar-refractivity contribution < 1.29 is 5.11 Å². The lowest BCUT2D eigenvalue weighted by Crippen LogP contribution is -2.45. The van der Waals surface area contributed by atoms with E-state index in [0.717, 1.165) is 31.2 Å². The molecule has 0 bridgehead atoms. The summed E-state index contributed by atoms with van der Waals surface area (Å²) in [5.41, 5.74) is -1.15. The highest BCUT2D eigenvalue weighted by molar-refractivity contribution is 6.30. The number of hydrogen-bond donors (Lipinski definition) is 1. The standard InChI is InChI=1S/C16H20ClNO/c1-12-5-4-8-16(10-12,11-18)15(2,19)13-6-3-7-14(17)9-13/h3,6-7,9,12,19H,4-5,8,10H2,1-2H3. The van der Waals surface area contributed by atoms with E-state index >= 15 is 0 Å². The molecule has 2 nitrogen and oxygen atoms in total. The Hall–Kier alpha value is -1.04. The Morgan fingerprint density at radius 2 is 2.26 bits per heavy atom. The van der Waals surface area contributed by atoms with Gasteiger partial charge in [0.15, 0.2) is 0 Å². The minimum atomic E-state index is -1.17. The lowest BCUT2D eigenvalue weighted by Gasteiger charge is -2.45. The van der Waals surface area contributed by atoms with Gasteiger partial charge in [-0.1, -0.05) is 43.5 Å². The first kappa shape index (κ1) is 14.4. The number of nitriles is 1. The molecule has 0 saturated heterocycles. The summed E-state index contributed by atoms with van der Waals surface area (Å²) < 4.78 is 0. The number of nitrogens with zero attached hydrogens (tertiary/aromatic N) is 1. The van der Waals surface area contributed by atoms with E-state index in [9.17, 15) is 10.4 Å². The van der Waals surface area contributed by atoms with Gasteiger partial charge in [-0.2, -0.15) is 5.26 Å². The van der Waals surface area contributed by atoms with E-state index in [4.69, 9.17) is 11.6 Å². The average molecular weight is 278 g/mol. The van der Waals surface area contributed by atoms with Crippen molar-refractivity contribution in [1.29, 1.82) is 5.26 Å². The van der Waals surface area contributed by atoms with Crippen LogP contribution in [0.1, 0.15) is 45.1 Å². The van der Waals surface area contributed by atoms with Gasteiger partial charge in [-0.3, -0.25) is 0 Å². The van der Waals surface area contributed by atoms with Crippen molar-refractivity contribution in [2.24, 2.45) is 11.3 Å². The van der Waals surface area contributed by atoms with Gasteiger partial charge in [0.2, 0.25) is 0 Å². The number of rotatable bonds is 2. The fourth-order valence-electron chi connectivity index (χ4n) is 3.27. The molecule has 0 aromatic heterocycles. The van der Waals surface area contributed by atoms with Crippen LogP contribution in [0, 0.1) is 22.7 Å². The number of halogens is 1. The van der Waals surface area contributed by atoms with E-state index < -0.39 is 11.0 Å². The molecule has 0 radical (unpaired) electrons. The fraction of sp³-hybridized carbons (Fsp3) is 0.562. The molecule has 1 fully saturated rings. The van der Waals surface area contributed by atoms with Crippen LogP contribution in [0.2, 0.25) is 5.02 Å². The van der Waals surface area contributed by atoms with Gasteiger partial charge in [-0.25, -0.2) is 0 Å².